The predicted octanol–water partition coefficient (Wildman–Crippen LogP) is 13.0. The fraction of sp³-hybridized carbons (Fsp3) is 0. The number of aromatic nitrogens is 2. The molecule has 10 aromatic rings. The summed E-state index contributed by atoms with van der Waals surface area (Å²) < 4.78 is 20.9. The Bertz CT molecular complexity index is 2920. The van der Waals surface area contributed by atoms with E-state index in [9.17, 15) is 0 Å². The number of rotatable bonds is 5. The Kier molecular flexibility index (Phi) is 6.71. The Morgan fingerprint density at radius 2 is 0.804 bits per heavy atom. The summed E-state index contributed by atoms with van der Waals surface area (Å²) in [6.45, 7) is 0. The van der Waals surface area contributed by atoms with Gasteiger partial charge < -0.3 is 9.13 Å². The molecule has 2 heterocycles. The van der Waals surface area contributed by atoms with Crippen molar-refractivity contribution in [1.29, 1.82) is 0 Å². The number of fused-ring (bicyclic) bond motifs is 6. The molecule has 0 fully saturated rings. The fourth-order valence-electron chi connectivity index (χ4n) is 7.79. The van der Waals surface area contributed by atoms with Crippen LogP contribution in [0.2, 0.25) is 0 Å². The third-order valence-corrected chi connectivity index (χ3v) is 10.2. The van der Waals surface area contributed by atoms with Crippen molar-refractivity contribution in [3.05, 3.63) is 194 Å². The first kappa shape index (κ1) is 29.2. The van der Waals surface area contributed by atoms with E-state index in [2.05, 4.69) is 143 Å². The smallest absolute Gasteiger partial charge is 0.147 e. The minimum absolute atomic E-state index is 0.263. The predicted molar refractivity (Wildman–Crippen MR) is 211 cm³/mol. The van der Waals surface area contributed by atoms with Crippen molar-refractivity contribution in [2.45, 2.75) is 0 Å². The summed E-state index contributed by atoms with van der Waals surface area (Å²) >= 11 is 0. The van der Waals surface area contributed by atoms with Crippen molar-refractivity contribution in [2.24, 2.45) is 0 Å². The summed E-state index contributed by atoms with van der Waals surface area (Å²) in [7, 11) is 0. The number of halogens is 1. The number of para-hydroxylation sites is 3. The van der Waals surface area contributed by atoms with Gasteiger partial charge in [-0.25, -0.2) is 4.39 Å². The zero-order valence-corrected chi connectivity index (χ0v) is 27.7. The molecular weight excluding hydrogens is 624 g/mol. The molecule has 2 nitrogen and oxygen atoms in total. The molecule has 0 amide bonds. The van der Waals surface area contributed by atoms with Gasteiger partial charge in [0.15, 0.2) is 0 Å². The maximum atomic E-state index is 16.4. The zero-order chi connectivity index (χ0) is 33.9. The standard InChI is InChI=1S/C48H31FN2/c49-43-30-36(34-15-11-14-33(28-34)32-12-3-1-4-13-32)24-27-47(43)51-45-21-10-7-18-39(45)41-25-22-37(31-48(41)51)35-23-26-46-42(29-35)40-19-8-9-20-44(40)50(46)38-16-5-2-6-17-38/h1-31H. The van der Waals surface area contributed by atoms with Crippen LogP contribution in [-0.2, 0) is 0 Å². The highest BCUT2D eigenvalue weighted by Crippen LogP contribution is 2.39. The van der Waals surface area contributed by atoms with E-state index in [-0.39, 0.29) is 5.82 Å². The van der Waals surface area contributed by atoms with E-state index in [1.165, 1.54) is 16.3 Å². The molecular formula is C48H31FN2. The summed E-state index contributed by atoms with van der Waals surface area (Å²) in [5.74, 6) is -0.263. The maximum Gasteiger partial charge on any atom is 0.147 e. The Morgan fingerprint density at radius 3 is 1.57 bits per heavy atom. The molecule has 240 valence electrons. The van der Waals surface area contributed by atoms with Crippen molar-refractivity contribution in [3.8, 4) is 44.8 Å². The first-order valence-corrected chi connectivity index (χ1v) is 17.3. The second kappa shape index (κ2) is 11.7. The largest absolute Gasteiger partial charge is 0.309 e. The Morgan fingerprint density at radius 1 is 0.294 bits per heavy atom. The van der Waals surface area contributed by atoms with Crippen molar-refractivity contribution in [2.75, 3.05) is 0 Å². The maximum absolute atomic E-state index is 16.4. The molecule has 0 spiro atoms. The van der Waals surface area contributed by atoms with Crippen LogP contribution >= 0.6 is 0 Å². The van der Waals surface area contributed by atoms with E-state index >= 15 is 4.39 Å². The SMILES string of the molecule is Fc1cc(-c2cccc(-c3ccccc3)c2)ccc1-n1c2ccccc2c2ccc(-c3ccc4c(c3)c3ccccc3n4-c3ccccc3)cc21. The van der Waals surface area contributed by atoms with Gasteiger partial charge in [-0.3, -0.25) is 0 Å². The normalized spacial score (nSPS) is 11.6. The number of nitrogens with zero attached hydrogens (tertiary/aromatic N) is 2. The first-order chi connectivity index (χ1) is 25.2. The van der Waals surface area contributed by atoms with E-state index in [0.717, 1.165) is 66.4 Å². The second-order valence-corrected chi connectivity index (χ2v) is 13.1. The van der Waals surface area contributed by atoms with Gasteiger partial charge in [-0.1, -0.05) is 127 Å². The molecule has 0 unspecified atom stereocenters. The molecule has 51 heavy (non-hydrogen) atoms. The van der Waals surface area contributed by atoms with Crippen LogP contribution < -0.4 is 0 Å². The molecule has 0 aliphatic carbocycles. The van der Waals surface area contributed by atoms with E-state index in [4.69, 9.17) is 0 Å². The van der Waals surface area contributed by atoms with Gasteiger partial charge in [-0.05, 0) is 94.0 Å². The van der Waals surface area contributed by atoms with Crippen LogP contribution in [0.4, 0.5) is 4.39 Å². The molecule has 0 N–H and O–H groups in total. The highest BCUT2D eigenvalue weighted by atomic mass is 19.1. The van der Waals surface area contributed by atoms with Crippen molar-refractivity contribution in [3.63, 3.8) is 0 Å². The van der Waals surface area contributed by atoms with Gasteiger partial charge >= 0.3 is 0 Å². The first-order valence-electron chi connectivity index (χ1n) is 17.3. The summed E-state index contributed by atoms with van der Waals surface area (Å²) in [6.07, 6.45) is 0. The van der Waals surface area contributed by atoms with Crippen LogP contribution in [0.25, 0.3) is 88.4 Å². The van der Waals surface area contributed by atoms with Crippen LogP contribution in [0.3, 0.4) is 0 Å². The lowest BCUT2D eigenvalue weighted by Crippen LogP contribution is -1.98. The van der Waals surface area contributed by atoms with Gasteiger partial charge in [0.25, 0.3) is 0 Å². The number of hydrogen-bond donors (Lipinski definition) is 0. The van der Waals surface area contributed by atoms with Crippen molar-refractivity contribution < 1.29 is 4.39 Å². The molecule has 0 bridgehead atoms. The average Bonchev–Trinajstić information content (AvgIpc) is 3.71. The van der Waals surface area contributed by atoms with Gasteiger partial charge in [-0.15, -0.1) is 0 Å². The van der Waals surface area contributed by atoms with Gasteiger partial charge in [0.2, 0.25) is 0 Å². The Balaban J connectivity index is 1.11. The Hall–Kier alpha value is -6.71. The zero-order valence-electron chi connectivity index (χ0n) is 27.7. The van der Waals surface area contributed by atoms with E-state index in [0.29, 0.717) is 5.69 Å². The molecule has 0 radical (unpaired) electrons. The molecule has 10 rings (SSSR count). The van der Waals surface area contributed by atoms with Crippen molar-refractivity contribution >= 4 is 43.6 Å². The lowest BCUT2D eigenvalue weighted by Gasteiger charge is -2.12. The van der Waals surface area contributed by atoms with Gasteiger partial charge in [0, 0.05) is 27.2 Å². The van der Waals surface area contributed by atoms with Gasteiger partial charge in [0.1, 0.15) is 5.82 Å². The summed E-state index contributed by atoms with van der Waals surface area (Å²) in [6, 6.07) is 64.9. The van der Waals surface area contributed by atoms with Gasteiger partial charge in [-0.2, -0.15) is 0 Å². The Labute approximate surface area is 294 Å². The fourth-order valence-corrected chi connectivity index (χ4v) is 7.79. The molecule has 3 heteroatoms. The van der Waals surface area contributed by atoms with Crippen LogP contribution in [0.1, 0.15) is 0 Å². The second-order valence-electron chi connectivity index (χ2n) is 13.1. The molecule has 8 aromatic carbocycles. The highest BCUT2D eigenvalue weighted by molar-refractivity contribution is 6.12. The lowest BCUT2D eigenvalue weighted by atomic mass is 9.99. The molecule has 0 saturated heterocycles. The molecule has 0 aliphatic rings. The van der Waals surface area contributed by atoms with Crippen molar-refractivity contribution in [1.82, 2.24) is 9.13 Å². The monoisotopic (exact) mass is 654 g/mol. The lowest BCUT2D eigenvalue weighted by molar-refractivity contribution is 0.621. The summed E-state index contributed by atoms with van der Waals surface area (Å²) in [5, 5.41) is 4.60. The number of hydrogen-bond acceptors (Lipinski definition) is 0. The van der Waals surface area contributed by atoms with Crippen LogP contribution in [0.5, 0.6) is 0 Å². The third-order valence-electron chi connectivity index (χ3n) is 10.2. The van der Waals surface area contributed by atoms with Gasteiger partial charge in [0.05, 0.1) is 27.8 Å². The van der Waals surface area contributed by atoms with Crippen LogP contribution in [-0.4, -0.2) is 9.13 Å². The molecule has 0 atom stereocenters. The van der Waals surface area contributed by atoms with Crippen LogP contribution in [0, 0.1) is 5.82 Å². The van der Waals surface area contributed by atoms with Crippen LogP contribution in [0.15, 0.2) is 188 Å². The highest BCUT2D eigenvalue weighted by Gasteiger charge is 2.18. The van der Waals surface area contributed by atoms with E-state index < -0.39 is 0 Å². The summed E-state index contributed by atoms with van der Waals surface area (Å²) in [4.78, 5) is 0. The molecule has 0 saturated carbocycles. The quantitative estimate of drug-likeness (QED) is 0.175. The summed E-state index contributed by atoms with van der Waals surface area (Å²) in [5.41, 5.74) is 12.2. The third kappa shape index (κ3) is 4.78. The topological polar surface area (TPSA) is 9.86 Å². The average molecular weight is 655 g/mol. The minimum atomic E-state index is -0.263. The van der Waals surface area contributed by atoms with E-state index in [1.54, 1.807) is 6.07 Å². The minimum Gasteiger partial charge on any atom is -0.309 e. The number of benzene rings is 8. The molecule has 2 aromatic heterocycles. The molecule has 0 aliphatic heterocycles. The van der Waals surface area contributed by atoms with E-state index in [1.807, 2.05) is 48.5 Å².